The number of carboxylic acid groups (broad SMARTS) is 1. The molecule has 1 amide bonds. The van der Waals surface area contributed by atoms with Gasteiger partial charge in [0.2, 0.25) is 0 Å². The van der Waals surface area contributed by atoms with Gasteiger partial charge < -0.3 is 10.4 Å². The maximum Gasteiger partial charge on any atom is 0.308 e. The number of H-pyrrole nitrogens is 1. The number of benzene rings is 1. The maximum absolute atomic E-state index is 12.0. The number of aromatic amines is 1. The first-order valence-electron chi connectivity index (χ1n) is 6.03. The molecule has 0 spiro atoms. The first-order chi connectivity index (χ1) is 9.90. The number of carboxylic acids is 1. The van der Waals surface area contributed by atoms with Crippen molar-refractivity contribution in [3.63, 3.8) is 0 Å². The molecule has 0 fully saturated rings. The molecule has 2 aromatic rings. The third-order valence-corrected chi connectivity index (χ3v) is 2.96. The molecule has 110 valence electrons. The number of hydrogen-bond acceptors (Lipinski definition) is 5. The van der Waals surface area contributed by atoms with Crippen molar-refractivity contribution in [3.8, 4) is 0 Å². The molecule has 1 atom stereocenters. The topological polar surface area (TPSA) is 138 Å². The Morgan fingerprint density at radius 3 is 2.86 bits per heavy atom. The number of nitro benzene ring substituents is 1. The van der Waals surface area contributed by atoms with E-state index in [4.69, 9.17) is 5.11 Å². The van der Waals surface area contributed by atoms with Crippen LogP contribution in [0.1, 0.15) is 17.4 Å². The molecule has 9 heteroatoms. The minimum absolute atomic E-state index is 0.00807. The van der Waals surface area contributed by atoms with Gasteiger partial charge in [0.25, 0.3) is 11.6 Å². The minimum atomic E-state index is -1.03. The summed E-state index contributed by atoms with van der Waals surface area (Å²) in [5.41, 5.74) is 0.320. The van der Waals surface area contributed by atoms with Crippen molar-refractivity contribution in [2.75, 3.05) is 6.54 Å². The molecule has 1 aromatic carbocycles. The number of nitrogens with one attached hydrogen (secondary N) is 2. The maximum atomic E-state index is 12.0. The Morgan fingerprint density at radius 2 is 2.24 bits per heavy atom. The number of carbonyl (C=O) groups is 2. The summed E-state index contributed by atoms with van der Waals surface area (Å²) in [6.45, 7) is 1.40. The SMILES string of the molecule is CC(CNC(=O)c1n[nH]c2ccc([N+](=O)[O-])cc12)C(=O)O. The first-order valence-corrected chi connectivity index (χ1v) is 6.03. The van der Waals surface area contributed by atoms with E-state index in [0.29, 0.717) is 10.9 Å². The lowest BCUT2D eigenvalue weighted by atomic mass is 10.1. The van der Waals surface area contributed by atoms with Gasteiger partial charge in [0.05, 0.1) is 16.4 Å². The summed E-state index contributed by atoms with van der Waals surface area (Å²) >= 11 is 0. The molecule has 0 aliphatic heterocycles. The van der Waals surface area contributed by atoms with E-state index in [2.05, 4.69) is 15.5 Å². The van der Waals surface area contributed by atoms with Crippen molar-refractivity contribution in [1.82, 2.24) is 15.5 Å². The van der Waals surface area contributed by atoms with Crippen LogP contribution in [0, 0.1) is 16.0 Å². The first kappa shape index (κ1) is 14.4. The van der Waals surface area contributed by atoms with Crippen LogP contribution >= 0.6 is 0 Å². The molecule has 1 heterocycles. The summed E-state index contributed by atoms with van der Waals surface area (Å²) in [6.07, 6.45) is 0. The molecule has 0 saturated heterocycles. The second kappa shape index (κ2) is 5.57. The van der Waals surface area contributed by atoms with Crippen molar-refractivity contribution in [3.05, 3.63) is 34.0 Å². The quantitative estimate of drug-likeness (QED) is 0.553. The summed E-state index contributed by atoms with van der Waals surface area (Å²) < 4.78 is 0. The fourth-order valence-corrected chi connectivity index (χ4v) is 1.71. The van der Waals surface area contributed by atoms with Crippen LogP contribution in [0.5, 0.6) is 0 Å². The Bertz CT molecular complexity index is 724. The number of aromatic nitrogens is 2. The monoisotopic (exact) mass is 292 g/mol. The summed E-state index contributed by atoms with van der Waals surface area (Å²) in [7, 11) is 0. The second-order valence-electron chi connectivity index (χ2n) is 4.51. The number of non-ortho nitro benzene ring substituents is 1. The van der Waals surface area contributed by atoms with Gasteiger partial charge in [-0.2, -0.15) is 5.10 Å². The van der Waals surface area contributed by atoms with Crippen LogP contribution in [0.2, 0.25) is 0 Å². The zero-order valence-electron chi connectivity index (χ0n) is 11.0. The number of rotatable bonds is 5. The van der Waals surface area contributed by atoms with E-state index in [-0.39, 0.29) is 17.9 Å². The van der Waals surface area contributed by atoms with Gasteiger partial charge in [-0.1, -0.05) is 6.92 Å². The molecule has 1 aromatic heterocycles. The van der Waals surface area contributed by atoms with E-state index in [9.17, 15) is 19.7 Å². The average molecular weight is 292 g/mol. The second-order valence-corrected chi connectivity index (χ2v) is 4.51. The van der Waals surface area contributed by atoms with Crippen LogP contribution in [-0.4, -0.2) is 38.6 Å². The van der Waals surface area contributed by atoms with Crippen LogP contribution in [0.15, 0.2) is 18.2 Å². The number of aliphatic carboxylic acids is 1. The lowest BCUT2D eigenvalue weighted by molar-refractivity contribution is -0.384. The van der Waals surface area contributed by atoms with Gasteiger partial charge in [0, 0.05) is 24.1 Å². The largest absolute Gasteiger partial charge is 0.481 e. The number of hydrogen-bond donors (Lipinski definition) is 3. The molecule has 21 heavy (non-hydrogen) atoms. The molecule has 1 unspecified atom stereocenters. The van der Waals surface area contributed by atoms with Crippen LogP contribution in [-0.2, 0) is 4.79 Å². The molecular formula is C12H12N4O5. The zero-order valence-corrected chi connectivity index (χ0v) is 11.0. The lowest BCUT2D eigenvalue weighted by Gasteiger charge is -2.06. The molecular weight excluding hydrogens is 280 g/mol. The van der Waals surface area contributed by atoms with Crippen LogP contribution < -0.4 is 5.32 Å². The standard InChI is InChI=1S/C12H12N4O5/c1-6(12(18)19)5-13-11(17)10-8-4-7(16(20)21)2-3-9(8)14-15-10/h2-4,6H,5H2,1H3,(H,13,17)(H,14,15)(H,18,19). The smallest absolute Gasteiger partial charge is 0.308 e. The van der Waals surface area contributed by atoms with Crippen molar-refractivity contribution in [1.29, 1.82) is 0 Å². The Labute approximate surface area is 118 Å². The lowest BCUT2D eigenvalue weighted by Crippen LogP contribution is -2.31. The van der Waals surface area contributed by atoms with Crippen LogP contribution in [0.4, 0.5) is 5.69 Å². The third-order valence-electron chi connectivity index (χ3n) is 2.96. The van der Waals surface area contributed by atoms with Crippen LogP contribution in [0.3, 0.4) is 0 Å². The fourth-order valence-electron chi connectivity index (χ4n) is 1.71. The number of amides is 1. The zero-order chi connectivity index (χ0) is 15.6. The fraction of sp³-hybridized carbons (Fsp3) is 0.250. The normalized spacial score (nSPS) is 12.0. The molecule has 9 nitrogen and oxygen atoms in total. The van der Waals surface area contributed by atoms with Gasteiger partial charge in [0.1, 0.15) is 0 Å². The molecule has 0 saturated carbocycles. The summed E-state index contributed by atoms with van der Waals surface area (Å²) in [5, 5.41) is 28.6. The van der Waals surface area contributed by atoms with E-state index in [1.165, 1.54) is 25.1 Å². The van der Waals surface area contributed by atoms with Gasteiger partial charge in [-0.25, -0.2) is 0 Å². The summed E-state index contributed by atoms with van der Waals surface area (Å²) in [4.78, 5) is 32.8. The average Bonchev–Trinajstić information content (AvgIpc) is 2.86. The van der Waals surface area contributed by atoms with E-state index in [1.54, 1.807) is 0 Å². The highest BCUT2D eigenvalue weighted by Gasteiger charge is 2.19. The van der Waals surface area contributed by atoms with Crippen molar-refractivity contribution in [2.24, 2.45) is 5.92 Å². The Balaban J connectivity index is 2.25. The van der Waals surface area contributed by atoms with Gasteiger partial charge in [-0.15, -0.1) is 0 Å². The van der Waals surface area contributed by atoms with E-state index < -0.39 is 22.7 Å². The minimum Gasteiger partial charge on any atom is -0.481 e. The predicted octanol–water partition coefficient (Wildman–Crippen LogP) is 0.922. The number of nitro groups is 1. The summed E-state index contributed by atoms with van der Waals surface area (Å²) in [5.74, 6) is -2.36. The molecule has 0 radical (unpaired) electrons. The predicted molar refractivity (Wildman–Crippen MR) is 71.9 cm³/mol. The molecule has 0 bridgehead atoms. The van der Waals surface area contributed by atoms with Gasteiger partial charge in [-0.3, -0.25) is 24.8 Å². The number of nitrogens with zero attached hydrogens (tertiary/aromatic N) is 2. The molecule has 2 rings (SSSR count). The Morgan fingerprint density at radius 1 is 1.52 bits per heavy atom. The van der Waals surface area contributed by atoms with Crippen molar-refractivity contribution >= 4 is 28.5 Å². The van der Waals surface area contributed by atoms with E-state index >= 15 is 0 Å². The summed E-state index contributed by atoms with van der Waals surface area (Å²) in [6, 6.07) is 4.00. The number of carbonyl (C=O) groups excluding carboxylic acids is 1. The van der Waals surface area contributed by atoms with E-state index in [1.807, 2.05) is 0 Å². The van der Waals surface area contributed by atoms with Gasteiger partial charge in [-0.05, 0) is 6.07 Å². The Kier molecular flexibility index (Phi) is 3.83. The molecule has 0 aliphatic rings. The van der Waals surface area contributed by atoms with Gasteiger partial charge >= 0.3 is 5.97 Å². The molecule has 0 aliphatic carbocycles. The Hall–Kier alpha value is -2.97. The van der Waals surface area contributed by atoms with Gasteiger partial charge in [0.15, 0.2) is 5.69 Å². The number of fused-ring (bicyclic) bond motifs is 1. The highest BCUT2D eigenvalue weighted by Crippen LogP contribution is 2.21. The highest BCUT2D eigenvalue weighted by molar-refractivity contribution is 6.05. The third kappa shape index (κ3) is 2.96. The highest BCUT2D eigenvalue weighted by atomic mass is 16.6. The van der Waals surface area contributed by atoms with Crippen molar-refractivity contribution in [2.45, 2.75) is 6.92 Å². The molecule has 3 N–H and O–H groups in total. The van der Waals surface area contributed by atoms with Crippen LogP contribution in [0.25, 0.3) is 10.9 Å². The van der Waals surface area contributed by atoms with E-state index in [0.717, 1.165) is 0 Å². The van der Waals surface area contributed by atoms with Crippen molar-refractivity contribution < 1.29 is 19.6 Å².